The van der Waals surface area contributed by atoms with Crippen LogP contribution in [0.4, 0.5) is 0 Å². The van der Waals surface area contributed by atoms with E-state index in [4.69, 9.17) is 10.1 Å². The van der Waals surface area contributed by atoms with Gasteiger partial charge in [0, 0.05) is 26.2 Å². The number of hydrogen-bond acceptors (Lipinski definition) is 3. The number of rotatable bonds is 4. The van der Waals surface area contributed by atoms with Gasteiger partial charge in [0.1, 0.15) is 0 Å². The predicted octanol–water partition coefficient (Wildman–Crippen LogP) is 8.55. The largest absolute Gasteiger partial charge is 0 e. The summed E-state index contributed by atoms with van der Waals surface area (Å²) in [7, 11) is 0. The maximum atomic E-state index is 10.0. The summed E-state index contributed by atoms with van der Waals surface area (Å²) in [6, 6.07) is 25.9. The van der Waals surface area contributed by atoms with Crippen molar-refractivity contribution in [2.24, 2.45) is 0 Å². The van der Waals surface area contributed by atoms with E-state index in [2.05, 4.69) is 112 Å². The summed E-state index contributed by atoms with van der Waals surface area (Å²) in [6.45, 7) is 11.8. The van der Waals surface area contributed by atoms with Gasteiger partial charge in [-0.15, -0.1) is 0 Å². The summed E-state index contributed by atoms with van der Waals surface area (Å²) in [5, 5.41) is 10.8. The third-order valence-corrected chi connectivity index (χ3v) is 10.8. The molecule has 1 heterocycles. The first-order chi connectivity index (χ1) is 17.7. The molecule has 4 aromatic rings. The number of carbonyl (C=O) groups excluding carboxylic acids is 1. The normalized spacial score (nSPS) is 11.9. The summed E-state index contributed by atoms with van der Waals surface area (Å²) in [6.07, 6.45) is 3.17. The third-order valence-electron chi connectivity index (χ3n) is 6.44. The molecule has 39 heavy (non-hydrogen) atoms. The molecule has 3 aromatic carbocycles. The summed E-state index contributed by atoms with van der Waals surface area (Å²) in [5.74, 6) is 7.25. The van der Waals surface area contributed by atoms with Crippen molar-refractivity contribution in [3.05, 3.63) is 95.9 Å². The Bertz CT molecular complexity index is 1470. The van der Waals surface area contributed by atoms with Crippen LogP contribution in [-0.4, -0.2) is 29.1 Å². The van der Waals surface area contributed by atoms with Crippen LogP contribution >= 0.6 is 0 Å². The number of aromatic nitrogens is 1. The summed E-state index contributed by atoms with van der Waals surface area (Å²) >= 11 is -1.81. The fourth-order valence-corrected chi connectivity index (χ4v) is 6.86. The van der Waals surface area contributed by atoms with Crippen LogP contribution < -0.4 is 4.40 Å². The number of aliphatic hydroxyl groups excluding tert-OH is 1. The number of carbonyl (C=O) groups is 1. The third kappa shape index (κ3) is 8.73. The predicted molar refractivity (Wildman–Crippen MR) is 165 cm³/mol. The van der Waals surface area contributed by atoms with Crippen molar-refractivity contribution in [1.82, 2.24) is 4.98 Å². The van der Waals surface area contributed by atoms with E-state index in [0.717, 1.165) is 16.6 Å². The number of aryl methyl sites for hydroxylation is 1. The molecule has 0 bridgehead atoms. The topological polar surface area (TPSA) is 50.2 Å². The molecule has 0 spiro atoms. The molecule has 0 aliphatic heterocycles. The zero-order valence-electron chi connectivity index (χ0n) is 24.6. The van der Waals surface area contributed by atoms with Gasteiger partial charge in [-0.05, 0) is 13.8 Å². The van der Waals surface area contributed by atoms with Crippen molar-refractivity contribution >= 4 is 34.2 Å². The second-order valence-corrected chi connectivity index (χ2v) is 22.7. The van der Waals surface area contributed by atoms with Crippen molar-refractivity contribution in [2.45, 2.75) is 64.2 Å². The van der Waals surface area contributed by atoms with Gasteiger partial charge in [0.05, 0.1) is 5.76 Å². The van der Waals surface area contributed by atoms with Crippen LogP contribution in [-0.2, 0) is 30.3 Å². The molecular formula is C34H40GeIrNO2-. The standard InChI is InChI=1S/C29H32GeN.C5H8O2.Ir/c1-20-19-31-28(18-26(20)21-12-14-24(15-13-21)30(5,6)7)23-16-22-10-8-9-11-25(22)27(17-23)29(2,3)4;1-4(6)3-5(2)7;/h8-15,17-19H,1-7H3;3,6H,1-2H3;/q-1;;/b;4-3-;. The first kappa shape index (κ1) is 32.7. The average Bonchev–Trinajstić information content (AvgIpc) is 2.82. The van der Waals surface area contributed by atoms with Crippen LogP contribution in [0.5, 0.6) is 0 Å². The summed E-state index contributed by atoms with van der Waals surface area (Å²) in [5.41, 5.74) is 7.13. The van der Waals surface area contributed by atoms with Gasteiger partial charge in [-0.25, -0.2) is 0 Å². The number of nitrogens with zero attached hydrogens (tertiary/aromatic N) is 1. The minimum atomic E-state index is -1.81. The van der Waals surface area contributed by atoms with Crippen molar-refractivity contribution in [2.75, 3.05) is 0 Å². The van der Waals surface area contributed by atoms with E-state index in [-0.39, 0.29) is 37.1 Å². The van der Waals surface area contributed by atoms with E-state index in [1.807, 2.05) is 6.20 Å². The molecule has 0 aliphatic rings. The Morgan fingerprint density at radius 3 is 2.10 bits per heavy atom. The minimum Gasteiger partial charge on any atom is 0 e. The van der Waals surface area contributed by atoms with E-state index in [1.165, 1.54) is 52.0 Å². The van der Waals surface area contributed by atoms with Gasteiger partial charge >= 0.3 is 184 Å². The second kappa shape index (κ2) is 13.2. The molecule has 4 rings (SSSR count). The number of hydrogen-bond donors (Lipinski definition) is 1. The first-order valence-corrected chi connectivity index (χ1v) is 20.4. The van der Waals surface area contributed by atoms with E-state index in [0.29, 0.717) is 0 Å². The van der Waals surface area contributed by atoms with Crippen LogP contribution in [0, 0.1) is 13.0 Å². The molecule has 1 N–H and O–H groups in total. The van der Waals surface area contributed by atoms with E-state index >= 15 is 0 Å². The molecule has 0 unspecified atom stereocenters. The Balaban J connectivity index is 0.000000592. The molecule has 207 valence electrons. The van der Waals surface area contributed by atoms with Crippen molar-refractivity contribution in [3.8, 4) is 22.4 Å². The van der Waals surface area contributed by atoms with Gasteiger partial charge in [0.15, 0.2) is 5.78 Å². The molecule has 5 heteroatoms. The Labute approximate surface area is 250 Å². The Kier molecular flexibility index (Phi) is 11.1. The van der Waals surface area contributed by atoms with Crippen LogP contribution in [0.2, 0.25) is 17.3 Å². The molecular weight excluding hydrogens is 719 g/mol. The molecule has 3 nitrogen and oxygen atoms in total. The molecule has 0 saturated carbocycles. The van der Waals surface area contributed by atoms with E-state index < -0.39 is 13.3 Å². The average molecular weight is 760 g/mol. The van der Waals surface area contributed by atoms with Crippen LogP contribution in [0.25, 0.3) is 33.2 Å². The Morgan fingerprint density at radius 1 is 0.974 bits per heavy atom. The Hall–Kier alpha value is -2.53. The summed E-state index contributed by atoms with van der Waals surface area (Å²) in [4.78, 5) is 14.8. The molecule has 0 amide bonds. The molecule has 1 aromatic heterocycles. The zero-order chi connectivity index (χ0) is 28.3. The maximum Gasteiger partial charge on any atom is 0 e. The summed E-state index contributed by atoms with van der Waals surface area (Å²) < 4.78 is 1.54. The van der Waals surface area contributed by atoms with E-state index in [9.17, 15) is 4.79 Å². The second-order valence-electron chi connectivity index (χ2n) is 12.0. The van der Waals surface area contributed by atoms with Crippen LogP contribution in [0.15, 0.2) is 78.7 Å². The van der Waals surface area contributed by atoms with Gasteiger partial charge in [-0.3, -0.25) is 4.79 Å². The maximum absolute atomic E-state index is 10.0. The van der Waals surface area contributed by atoms with Gasteiger partial charge in [0.2, 0.25) is 0 Å². The molecule has 0 aliphatic carbocycles. The Morgan fingerprint density at radius 2 is 1.59 bits per heavy atom. The number of aliphatic hydroxyl groups is 1. The number of benzene rings is 3. The number of allylic oxidation sites excluding steroid dienone is 2. The van der Waals surface area contributed by atoms with Gasteiger partial charge in [-0.1, -0.05) is 6.07 Å². The molecule has 0 saturated heterocycles. The van der Waals surface area contributed by atoms with Crippen LogP contribution in [0.1, 0.15) is 45.7 Å². The minimum absolute atomic E-state index is 0. The van der Waals surface area contributed by atoms with Gasteiger partial charge in [0.25, 0.3) is 0 Å². The molecule has 1 radical (unpaired) electrons. The monoisotopic (exact) mass is 761 g/mol. The number of ketones is 1. The SMILES string of the molecule is CC(=O)/C=C(/C)O.Cc1cnc(-c2[c-]c3ccccc3c(C(C)(C)C)c2)cc1-c1cc[c]([Ge]([CH3])([CH3])[CH3])cc1.[Ir]. The van der Waals surface area contributed by atoms with Crippen molar-refractivity contribution in [3.63, 3.8) is 0 Å². The molecule has 0 atom stereocenters. The fourth-order valence-electron chi connectivity index (χ4n) is 4.41. The van der Waals surface area contributed by atoms with Crippen molar-refractivity contribution in [1.29, 1.82) is 0 Å². The smallest absolute Gasteiger partial charge is 0 e. The fraction of sp³-hybridized carbons (Fsp3) is 0.294. The quantitative estimate of drug-likeness (QED) is 0.0983. The number of fused-ring (bicyclic) bond motifs is 1. The zero-order valence-corrected chi connectivity index (χ0v) is 29.1. The first-order valence-electron chi connectivity index (χ1n) is 13.1. The van der Waals surface area contributed by atoms with Crippen molar-refractivity contribution < 1.29 is 30.0 Å². The van der Waals surface area contributed by atoms with Gasteiger partial charge < -0.3 is 5.11 Å². The van der Waals surface area contributed by atoms with Gasteiger partial charge in [-0.2, -0.15) is 0 Å². The molecule has 0 fully saturated rings. The van der Waals surface area contributed by atoms with Crippen LogP contribution in [0.3, 0.4) is 0 Å². The van der Waals surface area contributed by atoms with E-state index in [1.54, 1.807) is 0 Å². The number of pyridine rings is 1.